The quantitative estimate of drug-likeness (QED) is 0.498. The molecule has 162 valence electrons. The van der Waals surface area contributed by atoms with E-state index in [4.69, 9.17) is 4.74 Å². The van der Waals surface area contributed by atoms with E-state index in [1.807, 2.05) is 74.5 Å². The Bertz CT molecular complexity index is 1000. The molecule has 0 aliphatic heterocycles. The Morgan fingerprint density at radius 1 is 0.968 bits per heavy atom. The molecule has 0 aliphatic carbocycles. The molecule has 2 N–H and O–H groups in total. The molecule has 0 fully saturated rings. The van der Waals surface area contributed by atoms with Crippen molar-refractivity contribution in [1.82, 2.24) is 21.0 Å². The number of para-hydroxylation sites is 1. The van der Waals surface area contributed by atoms with Crippen LogP contribution in [0.15, 0.2) is 60.7 Å². The summed E-state index contributed by atoms with van der Waals surface area (Å²) >= 11 is 0. The summed E-state index contributed by atoms with van der Waals surface area (Å²) in [4.78, 5) is 12.8. The van der Waals surface area contributed by atoms with Crippen LogP contribution in [0.25, 0.3) is 11.3 Å². The first-order valence-electron chi connectivity index (χ1n) is 10.6. The number of benzene rings is 2. The molecular formula is C25H30N4O2. The molecule has 1 heterocycles. The molecule has 6 heteroatoms. The van der Waals surface area contributed by atoms with Crippen LogP contribution in [-0.2, 0) is 13.0 Å². The van der Waals surface area contributed by atoms with E-state index in [9.17, 15) is 4.79 Å². The van der Waals surface area contributed by atoms with Crippen LogP contribution in [0.1, 0.15) is 49.3 Å². The lowest BCUT2D eigenvalue weighted by atomic mass is 9.99. The van der Waals surface area contributed by atoms with E-state index < -0.39 is 0 Å². The van der Waals surface area contributed by atoms with Gasteiger partial charge in [-0.15, -0.1) is 10.2 Å². The van der Waals surface area contributed by atoms with E-state index in [0.29, 0.717) is 23.9 Å². The van der Waals surface area contributed by atoms with Gasteiger partial charge in [-0.1, -0.05) is 56.3 Å². The molecule has 0 radical (unpaired) electrons. The summed E-state index contributed by atoms with van der Waals surface area (Å²) in [6.07, 6.45) is 0.766. The van der Waals surface area contributed by atoms with Gasteiger partial charge in [-0.2, -0.15) is 0 Å². The monoisotopic (exact) mass is 418 g/mol. The van der Waals surface area contributed by atoms with E-state index in [1.54, 1.807) is 0 Å². The molecule has 1 amide bonds. The van der Waals surface area contributed by atoms with Crippen LogP contribution in [0.3, 0.4) is 0 Å². The van der Waals surface area contributed by atoms with Crippen LogP contribution in [0.5, 0.6) is 5.75 Å². The summed E-state index contributed by atoms with van der Waals surface area (Å²) in [5.74, 6) is 0.824. The number of carbonyl (C=O) groups is 1. The third-order valence-corrected chi connectivity index (χ3v) is 4.58. The highest BCUT2D eigenvalue weighted by Crippen LogP contribution is 2.30. The highest BCUT2D eigenvalue weighted by atomic mass is 16.5. The molecular weight excluding hydrogens is 388 g/mol. The minimum Gasteiger partial charge on any atom is -0.490 e. The minimum absolute atomic E-state index is 0.0463. The zero-order valence-electron chi connectivity index (χ0n) is 18.6. The number of hydrogen-bond acceptors (Lipinski definition) is 5. The molecule has 0 saturated heterocycles. The Morgan fingerprint density at radius 3 is 2.39 bits per heavy atom. The van der Waals surface area contributed by atoms with Gasteiger partial charge in [0.05, 0.1) is 11.8 Å². The Balaban J connectivity index is 1.82. The van der Waals surface area contributed by atoms with Crippen LogP contribution in [-0.4, -0.2) is 22.2 Å². The highest BCUT2D eigenvalue weighted by molar-refractivity contribution is 5.93. The van der Waals surface area contributed by atoms with Crippen LogP contribution < -0.4 is 15.6 Å². The number of amides is 1. The van der Waals surface area contributed by atoms with Crippen molar-refractivity contribution in [2.75, 3.05) is 0 Å². The van der Waals surface area contributed by atoms with Crippen LogP contribution in [0, 0.1) is 5.92 Å². The molecule has 6 nitrogen and oxygen atoms in total. The van der Waals surface area contributed by atoms with Crippen molar-refractivity contribution in [3.05, 3.63) is 77.5 Å². The summed E-state index contributed by atoms with van der Waals surface area (Å²) in [5, 5.41) is 8.65. The first-order valence-corrected chi connectivity index (χ1v) is 10.6. The van der Waals surface area contributed by atoms with E-state index >= 15 is 0 Å². The molecule has 1 aromatic heterocycles. The van der Waals surface area contributed by atoms with E-state index in [0.717, 1.165) is 28.9 Å². The predicted octanol–water partition coefficient (Wildman–Crippen LogP) is 4.56. The molecule has 3 aromatic rings. The lowest BCUT2D eigenvalue weighted by molar-refractivity contribution is 0.0925. The number of carbonyl (C=O) groups excluding carboxylic acids is 1. The average molecular weight is 419 g/mol. The molecule has 0 unspecified atom stereocenters. The molecule has 0 aliphatic rings. The summed E-state index contributed by atoms with van der Waals surface area (Å²) in [7, 11) is 0. The maximum Gasteiger partial charge on any atom is 0.286 e. The van der Waals surface area contributed by atoms with Gasteiger partial charge in [0.2, 0.25) is 0 Å². The van der Waals surface area contributed by atoms with E-state index in [-0.39, 0.29) is 12.0 Å². The van der Waals surface area contributed by atoms with Gasteiger partial charge in [-0.3, -0.25) is 10.2 Å². The smallest absolute Gasteiger partial charge is 0.286 e. The molecule has 3 rings (SSSR count). The Labute approximate surface area is 184 Å². The van der Waals surface area contributed by atoms with Gasteiger partial charge >= 0.3 is 0 Å². The Hall–Kier alpha value is -3.25. The Kier molecular flexibility index (Phi) is 7.73. The zero-order valence-corrected chi connectivity index (χ0v) is 18.6. The lowest BCUT2D eigenvalue weighted by Crippen LogP contribution is -2.38. The fourth-order valence-electron chi connectivity index (χ4n) is 3.27. The second-order valence-corrected chi connectivity index (χ2v) is 8.16. The van der Waals surface area contributed by atoms with Crippen LogP contribution in [0.2, 0.25) is 0 Å². The maximum atomic E-state index is 12.8. The molecule has 31 heavy (non-hydrogen) atoms. The van der Waals surface area contributed by atoms with Crippen molar-refractivity contribution in [2.24, 2.45) is 5.92 Å². The van der Waals surface area contributed by atoms with Gasteiger partial charge in [0.1, 0.15) is 5.75 Å². The zero-order chi connectivity index (χ0) is 22.2. The van der Waals surface area contributed by atoms with Crippen molar-refractivity contribution < 1.29 is 9.53 Å². The lowest BCUT2D eigenvalue weighted by Gasteiger charge is -2.16. The first-order chi connectivity index (χ1) is 14.9. The highest BCUT2D eigenvalue weighted by Gasteiger charge is 2.18. The van der Waals surface area contributed by atoms with E-state index in [1.165, 1.54) is 0 Å². The fraction of sp³-hybridized carbons (Fsp3) is 0.320. The third-order valence-electron chi connectivity index (χ3n) is 4.58. The van der Waals surface area contributed by atoms with Crippen molar-refractivity contribution in [1.29, 1.82) is 0 Å². The molecule has 2 aromatic carbocycles. The summed E-state index contributed by atoms with van der Waals surface area (Å²) in [6.45, 7) is 8.74. The van der Waals surface area contributed by atoms with Gasteiger partial charge in [0, 0.05) is 12.1 Å². The minimum atomic E-state index is -0.294. The van der Waals surface area contributed by atoms with Gasteiger partial charge in [-0.25, -0.2) is 5.43 Å². The van der Waals surface area contributed by atoms with Gasteiger partial charge in [0.25, 0.3) is 5.91 Å². The fourth-order valence-corrected chi connectivity index (χ4v) is 3.27. The first kappa shape index (κ1) is 22.4. The van der Waals surface area contributed by atoms with Crippen molar-refractivity contribution in [3.8, 4) is 17.0 Å². The second kappa shape index (κ2) is 10.7. The number of hydrazine groups is 1. The number of nitrogens with zero attached hydrogens (tertiary/aromatic N) is 2. The number of aromatic nitrogens is 2. The second-order valence-electron chi connectivity index (χ2n) is 8.16. The van der Waals surface area contributed by atoms with Gasteiger partial charge < -0.3 is 4.74 Å². The molecule has 0 spiro atoms. The number of rotatable bonds is 9. The average Bonchev–Trinajstić information content (AvgIpc) is 2.74. The Morgan fingerprint density at radius 2 is 1.68 bits per heavy atom. The normalized spacial score (nSPS) is 11.0. The SMILES string of the molecule is CC(C)Cc1cc(-c2ccccc2OC(C)C)nnc1C(=O)NNCc1ccccc1. The van der Waals surface area contributed by atoms with Crippen molar-refractivity contribution in [2.45, 2.75) is 46.8 Å². The third kappa shape index (κ3) is 6.36. The van der Waals surface area contributed by atoms with Crippen LogP contribution in [0.4, 0.5) is 0 Å². The largest absolute Gasteiger partial charge is 0.490 e. The summed E-state index contributed by atoms with van der Waals surface area (Å²) in [6, 6.07) is 19.6. The standard InChI is InChI=1S/C25H30N4O2/c1-17(2)14-20-15-22(21-12-8-9-13-23(21)31-18(3)4)27-28-24(20)25(30)29-26-16-19-10-6-5-7-11-19/h5-13,15,17-18,26H,14,16H2,1-4H3,(H,29,30). The predicted molar refractivity (Wildman–Crippen MR) is 123 cm³/mol. The summed E-state index contributed by atoms with van der Waals surface area (Å²) in [5.41, 5.74) is 9.54. The van der Waals surface area contributed by atoms with Gasteiger partial charge in [0.15, 0.2) is 5.69 Å². The van der Waals surface area contributed by atoms with Gasteiger partial charge in [-0.05, 0) is 55.5 Å². The van der Waals surface area contributed by atoms with Crippen molar-refractivity contribution in [3.63, 3.8) is 0 Å². The number of hydrogen-bond donors (Lipinski definition) is 2. The van der Waals surface area contributed by atoms with Crippen LogP contribution >= 0.6 is 0 Å². The maximum absolute atomic E-state index is 12.8. The van der Waals surface area contributed by atoms with E-state index in [2.05, 4.69) is 34.9 Å². The summed E-state index contributed by atoms with van der Waals surface area (Å²) < 4.78 is 5.94. The number of nitrogens with one attached hydrogen (secondary N) is 2. The molecule has 0 saturated carbocycles. The van der Waals surface area contributed by atoms with Crippen molar-refractivity contribution >= 4 is 5.91 Å². The number of ether oxygens (including phenoxy) is 1. The topological polar surface area (TPSA) is 76.1 Å². The molecule has 0 atom stereocenters. The molecule has 0 bridgehead atoms.